The Morgan fingerprint density at radius 2 is 1.68 bits per heavy atom. The summed E-state index contributed by atoms with van der Waals surface area (Å²) in [5, 5.41) is 5.15. The van der Waals surface area contributed by atoms with E-state index in [0.717, 1.165) is 9.13 Å². The molecule has 3 rings (SSSR count). The van der Waals surface area contributed by atoms with Crippen LogP contribution in [0.1, 0.15) is 11.1 Å². The Kier molecular flexibility index (Phi) is 5.51. The van der Waals surface area contributed by atoms with Crippen LogP contribution in [0.25, 0.3) is 6.08 Å². The quantitative estimate of drug-likeness (QED) is 0.382. The zero-order valence-electron chi connectivity index (χ0n) is 12.6. The van der Waals surface area contributed by atoms with Gasteiger partial charge in [-0.15, -0.1) is 0 Å². The van der Waals surface area contributed by atoms with Crippen molar-refractivity contribution >= 4 is 63.8 Å². The molecular formula is C17H11Cl2IN2O3. The first-order valence-electron chi connectivity index (χ1n) is 7.12. The minimum Gasteiger partial charge on any atom is -0.486 e. The summed E-state index contributed by atoms with van der Waals surface area (Å²) >= 11 is 14.7. The first kappa shape index (κ1) is 18.0. The summed E-state index contributed by atoms with van der Waals surface area (Å²) in [7, 11) is 0. The van der Waals surface area contributed by atoms with Crippen LogP contribution in [-0.2, 0) is 11.4 Å². The highest BCUT2D eigenvalue weighted by Crippen LogP contribution is 2.35. The molecule has 0 radical (unpaired) electrons. The molecule has 0 atom stereocenters. The molecule has 1 aliphatic heterocycles. The normalized spacial score (nSPS) is 15.2. The Bertz CT molecular complexity index is 859. The van der Waals surface area contributed by atoms with Gasteiger partial charge in [-0.2, -0.15) is 0 Å². The van der Waals surface area contributed by atoms with Crippen LogP contribution >= 0.6 is 45.8 Å². The number of rotatable bonds is 4. The van der Waals surface area contributed by atoms with E-state index in [0.29, 0.717) is 28.0 Å². The summed E-state index contributed by atoms with van der Waals surface area (Å²) in [6.45, 7) is 0.329. The number of urea groups is 1. The molecule has 1 heterocycles. The van der Waals surface area contributed by atoms with Gasteiger partial charge in [0.2, 0.25) is 0 Å². The van der Waals surface area contributed by atoms with Crippen LogP contribution in [0.5, 0.6) is 5.75 Å². The maximum absolute atomic E-state index is 11.6. The van der Waals surface area contributed by atoms with Gasteiger partial charge in [-0.25, -0.2) is 4.79 Å². The minimum atomic E-state index is -0.564. The Morgan fingerprint density at radius 3 is 2.24 bits per heavy atom. The third-order valence-electron chi connectivity index (χ3n) is 3.35. The molecule has 1 aliphatic rings. The molecule has 0 aliphatic carbocycles. The van der Waals surface area contributed by atoms with Gasteiger partial charge in [0.15, 0.2) is 5.75 Å². The summed E-state index contributed by atoms with van der Waals surface area (Å²) in [4.78, 5) is 22.7. The molecule has 1 fully saturated rings. The zero-order valence-corrected chi connectivity index (χ0v) is 16.3. The summed E-state index contributed by atoms with van der Waals surface area (Å²) in [6.07, 6.45) is 1.49. The van der Waals surface area contributed by atoms with E-state index in [9.17, 15) is 9.59 Å². The van der Waals surface area contributed by atoms with E-state index in [1.807, 2.05) is 24.3 Å². The van der Waals surface area contributed by atoms with Crippen LogP contribution in [0, 0.1) is 3.57 Å². The predicted octanol–water partition coefficient (Wildman–Crippen LogP) is 4.36. The fourth-order valence-electron chi connectivity index (χ4n) is 2.19. The molecule has 2 aromatic rings. The van der Waals surface area contributed by atoms with Crippen LogP contribution < -0.4 is 15.4 Å². The fraction of sp³-hybridized carbons (Fsp3) is 0.0588. The van der Waals surface area contributed by atoms with Crippen molar-refractivity contribution in [1.82, 2.24) is 10.6 Å². The summed E-state index contributed by atoms with van der Waals surface area (Å²) < 4.78 is 6.86. The number of amides is 3. The van der Waals surface area contributed by atoms with Crippen LogP contribution in [0.4, 0.5) is 4.79 Å². The van der Waals surface area contributed by atoms with Crippen LogP contribution in [0.15, 0.2) is 42.1 Å². The van der Waals surface area contributed by atoms with Crippen LogP contribution in [0.3, 0.4) is 0 Å². The molecule has 0 aromatic heterocycles. The number of imide groups is 1. The van der Waals surface area contributed by atoms with Gasteiger partial charge in [0.05, 0.1) is 10.0 Å². The third-order valence-corrected chi connectivity index (χ3v) is 4.63. The van der Waals surface area contributed by atoms with E-state index >= 15 is 0 Å². The third kappa shape index (κ3) is 4.45. The van der Waals surface area contributed by atoms with E-state index in [2.05, 4.69) is 33.2 Å². The predicted molar refractivity (Wildman–Crippen MR) is 105 cm³/mol. The highest BCUT2D eigenvalue weighted by atomic mass is 127. The topological polar surface area (TPSA) is 67.4 Å². The average molecular weight is 489 g/mol. The molecule has 3 amide bonds. The number of hydrogen-bond donors (Lipinski definition) is 2. The standard InChI is InChI=1S/C17H11Cl2IN2O3/c18-12-5-10(7-14-16(23)22-17(24)21-14)6-13(19)15(12)25-8-9-1-3-11(20)4-2-9/h1-7H,8H2,(H2,21,22,23,24)/b14-7+. The van der Waals surface area contributed by atoms with Crippen LogP contribution in [0.2, 0.25) is 10.0 Å². The van der Waals surface area contributed by atoms with Gasteiger partial charge >= 0.3 is 6.03 Å². The largest absolute Gasteiger partial charge is 0.486 e. The molecule has 128 valence electrons. The molecule has 2 N–H and O–H groups in total. The SMILES string of the molecule is O=C1NC(=O)/C(=C\c2cc(Cl)c(OCc3ccc(I)cc3)c(Cl)c2)N1. The Labute approximate surface area is 167 Å². The maximum atomic E-state index is 11.6. The Hall–Kier alpha value is -1.77. The number of benzene rings is 2. The van der Waals surface area contributed by atoms with Crippen molar-refractivity contribution in [3.8, 4) is 5.75 Å². The lowest BCUT2D eigenvalue weighted by molar-refractivity contribution is -0.115. The molecule has 0 spiro atoms. The summed E-state index contributed by atoms with van der Waals surface area (Å²) in [6, 6.07) is 10.6. The van der Waals surface area contributed by atoms with Gasteiger partial charge in [0.1, 0.15) is 12.3 Å². The molecule has 8 heteroatoms. The summed E-state index contributed by atoms with van der Waals surface area (Å²) in [5.41, 5.74) is 1.69. The molecular weight excluding hydrogens is 478 g/mol. The Balaban J connectivity index is 1.78. The van der Waals surface area contributed by atoms with E-state index in [4.69, 9.17) is 27.9 Å². The monoisotopic (exact) mass is 488 g/mol. The molecule has 2 aromatic carbocycles. The lowest BCUT2D eigenvalue weighted by Gasteiger charge is -2.11. The van der Waals surface area contributed by atoms with Gasteiger partial charge in [-0.05, 0) is 64.1 Å². The summed E-state index contributed by atoms with van der Waals surface area (Å²) in [5.74, 6) is -0.139. The lowest BCUT2D eigenvalue weighted by Crippen LogP contribution is -2.22. The highest BCUT2D eigenvalue weighted by molar-refractivity contribution is 14.1. The van der Waals surface area contributed by atoms with Crippen molar-refractivity contribution in [2.24, 2.45) is 0 Å². The first-order valence-corrected chi connectivity index (χ1v) is 8.96. The molecule has 1 saturated heterocycles. The van der Waals surface area contributed by atoms with Crippen molar-refractivity contribution in [2.45, 2.75) is 6.61 Å². The number of halogens is 3. The van der Waals surface area contributed by atoms with Gasteiger partial charge in [-0.1, -0.05) is 35.3 Å². The van der Waals surface area contributed by atoms with Crippen molar-refractivity contribution < 1.29 is 14.3 Å². The second kappa shape index (κ2) is 7.63. The van der Waals surface area contributed by atoms with E-state index < -0.39 is 11.9 Å². The first-order chi connectivity index (χ1) is 11.9. The van der Waals surface area contributed by atoms with Gasteiger partial charge in [0, 0.05) is 3.57 Å². The maximum Gasteiger partial charge on any atom is 0.326 e. The molecule has 5 nitrogen and oxygen atoms in total. The van der Waals surface area contributed by atoms with E-state index in [-0.39, 0.29) is 5.70 Å². The number of carbonyl (C=O) groups excluding carboxylic acids is 2. The average Bonchev–Trinajstić information content (AvgIpc) is 2.86. The Morgan fingerprint density at radius 1 is 1.04 bits per heavy atom. The van der Waals surface area contributed by atoms with Crippen molar-refractivity contribution in [1.29, 1.82) is 0 Å². The zero-order chi connectivity index (χ0) is 18.0. The van der Waals surface area contributed by atoms with E-state index in [1.54, 1.807) is 12.1 Å². The van der Waals surface area contributed by atoms with E-state index in [1.165, 1.54) is 6.08 Å². The minimum absolute atomic E-state index is 0.129. The molecule has 0 bridgehead atoms. The molecule has 0 saturated carbocycles. The van der Waals surface area contributed by atoms with Crippen molar-refractivity contribution in [3.05, 3.63) is 66.8 Å². The number of hydrogen-bond acceptors (Lipinski definition) is 3. The van der Waals surface area contributed by atoms with Crippen molar-refractivity contribution in [2.75, 3.05) is 0 Å². The molecule has 25 heavy (non-hydrogen) atoms. The smallest absolute Gasteiger partial charge is 0.326 e. The number of carbonyl (C=O) groups is 2. The van der Waals surface area contributed by atoms with Crippen LogP contribution in [-0.4, -0.2) is 11.9 Å². The van der Waals surface area contributed by atoms with Gasteiger partial charge in [0.25, 0.3) is 5.91 Å². The van der Waals surface area contributed by atoms with Gasteiger partial charge < -0.3 is 10.1 Å². The second-order valence-corrected chi connectivity index (χ2v) is 7.26. The van der Waals surface area contributed by atoms with Crippen molar-refractivity contribution in [3.63, 3.8) is 0 Å². The fourth-order valence-corrected chi connectivity index (χ4v) is 3.16. The molecule has 0 unspecified atom stereocenters. The van der Waals surface area contributed by atoms with Gasteiger partial charge in [-0.3, -0.25) is 10.1 Å². The highest BCUT2D eigenvalue weighted by Gasteiger charge is 2.23. The second-order valence-electron chi connectivity index (χ2n) is 5.20. The number of ether oxygens (including phenoxy) is 1. The lowest BCUT2D eigenvalue weighted by atomic mass is 10.1. The number of nitrogens with one attached hydrogen (secondary N) is 2.